The molecule has 1 saturated carbocycles. The third-order valence-corrected chi connectivity index (χ3v) is 5.07. The number of thiol groups is 1. The second-order valence-corrected chi connectivity index (χ2v) is 6.73. The van der Waals surface area contributed by atoms with Crippen LogP contribution in [0.15, 0.2) is 29.4 Å². The van der Waals surface area contributed by atoms with Gasteiger partial charge < -0.3 is 0 Å². The average Bonchev–Trinajstić information content (AvgIpc) is 3.28. The maximum Gasteiger partial charge on any atom is 0.158 e. The van der Waals surface area contributed by atoms with Crippen molar-refractivity contribution in [2.24, 2.45) is 5.92 Å². The van der Waals surface area contributed by atoms with Gasteiger partial charge in [-0.3, -0.25) is 4.90 Å². The van der Waals surface area contributed by atoms with Gasteiger partial charge in [0.2, 0.25) is 0 Å². The molecule has 2 atom stereocenters. The van der Waals surface area contributed by atoms with E-state index in [1.807, 2.05) is 6.08 Å². The molecule has 2 unspecified atom stereocenters. The third-order valence-electron chi connectivity index (χ3n) is 4.55. The lowest BCUT2D eigenvalue weighted by molar-refractivity contribution is 0.161. The number of alkyl halides is 1. The van der Waals surface area contributed by atoms with Crippen LogP contribution in [0.25, 0.3) is 0 Å². The lowest BCUT2D eigenvalue weighted by Gasteiger charge is -2.39. The number of halogens is 1. The Morgan fingerprint density at radius 1 is 1.30 bits per heavy atom. The van der Waals surface area contributed by atoms with Crippen molar-refractivity contribution >= 4 is 18.6 Å². The highest BCUT2D eigenvalue weighted by molar-refractivity contribution is 7.80. The van der Waals surface area contributed by atoms with Crippen molar-refractivity contribution < 1.29 is 9.18 Å². The van der Waals surface area contributed by atoms with E-state index >= 15 is 0 Å². The monoisotopic (exact) mass is 293 g/mol. The van der Waals surface area contributed by atoms with Crippen LogP contribution in [-0.4, -0.2) is 41.4 Å². The highest BCUT2D eigenvalue weighted by Gasteiger charge is 2.41. The highest BCUT2D eigenvalue weighted by Crippen LogP contribution is 2.42. The molecule has 0 spiro atoms. The molecule has 4 heteroatoms. The van der Waals surface area contributed by atoms with E-state index in [0.717, 1.165) is 31.5 Å². The summed E-state index contributed by atoms with van der Waals surface area (Å²) in [5.74, 6) is 2.29. The minimum atomic E-state index is -1.28. The summed E-state index contributed by atoms with van der Waals surface area (Å²) in [7, 11) is 0. The molecule has 1 aliphatic heterocycles. The molecule has 2 nitrogen and oxygen atoms in total. The first kappa shape index (κ1) is 14.1. The Bertz CT molecular complexity index is 483. The van der Waals surface area contributed by atoms with Crippen LogP contribution >= 0.6 is 12.6 Å². The van der Waals surface area contributed by atoms with Crippen molar-refractivity contribution in [3.05, 3.63) is 29.4 Å². The lowest BCUT2D eigenvalue weighted by atomic mass is 9.88. The molecule has 0 bridgehead atoms. The van der Waals surface area contributed by atoms with Crippen LogP contribution in [0, 0.1) is 5.92 Å². The molecule has 1 heterocycles. The van der Waals surface area contributed by atoms with Crippen LogP contribution in [0.3, 0.4) is 0 Å². The van der Waals surface area contributed by atoms with Gasteiger partial charge in [0.1, 0.15) is 5.94 Å². The number of hydrogen-bond acceptors (Lipinski definition) is 3. The molecular weight excluding hydrogens is 273 g/mol. The summed E-state index contributed by atoms with van der Waals surface area (Å²) >= 11 is 4.53. The smallest absolute Gasteiger partial charge is 0.158 e. The van der Waals surface area contributed by atoms with Gasteiger partial charge in [0.25, 0.3) is 0 Å². The van der Waals surface area contributed by atoms with Crippen molar-refractivity contribution in [1.29, 1.82) is 0 Å². The predicted octanol–water partition coefficient (Wildman–Crippen LogP) is 2.75. The Morgan fingerprint density at radius 2 is 2.00 bits per heavy atom. The van der Waals surface area contributed by atoms with Gasteiger partial charge in [0.15, 0.2) is 6.17 Å². The van der Waals surface area contributed by atoms with Crippen LogP contribution in [0.2, 0.25) is 0 Å². The average molecular weight is 293 g/mol. The minimum Gasteiger partial charge on any atom is -0.296 e. The highest BCUT2D eigenvalue weighted by atomic mass is 32.1. The predicted molar refractivity (Wildman–Crippen MR) is 81.4 cm³/mol. The molecular formula is C16H20FNOS. The first-order chi connectivity index (χ1) is 9.70. The molecule has 2 fully saturated rings. The number of piperidine rings is 1. The third kappa shape index (κ3) is 2.78. The lowest BCUT2D eigenvalue weighted by Crippen LogP contribution is -2.45. The Kier molecular flexibility index (Phi) is 4.16. The van der Waals surface area contributed by atoms with E-state index in [1.165, 1.54) is 18.9 Å². The summed E-state index contributed by atoms with van der Waals surface area (Å²) in [6, 6.07) is 0.152. The number of likely N-dealkylation sites (tertiary alicyclic amines) is 1. The molecule has 0 radical (unpaired) electrons. The summed E-state index contributed by atoms with van der Waals surface area (Å²) in [6.07, 6.45) is 8.35. The van der Waals surface area contributed by atoms with Gasteiger partial charge in [-0.25, -0.2) is 9.18 Å². The van der Waals surface area contributed by atoms with Crippen LogP contribution in [0.5, 0.6) is 0 Å². The molecule has 2 aliphatic carbocycles. The normalized spacial score (nSPS) is 30.0. The summed E-state index contributed by atoms with van der Waals surface area (Å²) < 4.78 is 14.5. The second kappa shape index (κ2) is 5.88. The van der Waals surface area contributed by atoms with Gasteiger partial charge in [-0.15, -0.1) is 0 Å². The summed E-state index contributed by atoms with van der Waals surface area (Å²) in [5.41, 5.74) is 0.892. The van der Waals surface area contributed by atoms with Gasteiger partial charge in [-0.1, -0.05) is 12.2 Å². The molecule has 0 N–H and O–H groups in total. The van der Waals surface area contributed by atoms with Crippen molar-refractivity contribution in [1.82, 2.24) is 4.90 Å². The quantitative estimate of drug-likeness (QED) is 0.638. The molecule has 3 aliphatic rings. The number of hydrogen-bond donors (Lipinski definition) is 1. The van der Waals surface area contributed by atoms with Gasteiger partial charge in [-0.05, 0) is 56.3 Å². The fourth-order valence-corrected chi connectivity index (χ4v) is 3.53. The number of carbonyl (C=O) groups excluding carboxylic acids is 1. The molecule has 0 aromatic heterocycles. The van der Waals surface area contributed by atoms with E-state index in [2.05, 4.69) is 17.5 Å². The van der Waals surface area contributed by atoms with Crippen molar-refractivity contribution in [3.8, 4) is 0 Å². The first-order valence-corrected chi connectivity index (χ1v) is 7.91. The molecule has 0 aromatic rings. The van der Waals surface area contributed by atoms with Crippen molar-refractivity contribution in [2.45, 2.75) is 43.1 Å². The zero-order chi connectivity index (χ0) is 14.1. The standard InChI is InChI=1S/C16H20FNOS/c17-15-12(10-19)2-1-3-14(15)16(11-4-5-11)18-8-6-13(20)7-9-18/h1-3,11,13,15-16,20H,4-9H2. The van der Waals surface area contributed by atoms with Gasteiger partial charge in [0, 0.05) is 11.3 Å². The Balaban J connectivity index is 1.82. The Morgan fingerprint density at radius 3 is 2.60 bits per heavy atom. The van der Waals surface area contributed by atoms with Crippen LogP contribution in [-0.2, 0) is 4.79 Å². The summed E-state index contributed by atoms with van der Waals surface area (Å²) in [5, 5.41) is 0.470. The molecule has 20 heavy (non-hydrogen) atoms. The van der Waals surface area contributed by atoms with Crippen molar-refractivity contribution in [2.75, 3.05) is 13.1 Å². The van der Waals surface area contributed by atoms with E-state index in [4.69, 9.17) is 0 Å². The number of allylic oxidation sites excluding steroid dienone is 4. The second-order valence-electron chi connectivity index (χ2n) is 6.00. The maximum absolute atomic E-state index is 14.5. The molecule has 0 amide bonds. The zero-order valence-electron chi connectivity index (χ0n) is 11.5. The van der Waals surface area contributed by atoms with Crippen LogP contribution in [0.1, 0.15) is 25.7 Å². The fraction of sp³-hybridized carbons (Fsp3) is 0.625. The fourth-order valence-electron chi connectivity index (χ4n) is 3.30. The summed E-state index contributed by atoms with van der Waals surface area (Å²) in [4.78, 5) is 13.2. The number of rotatable bonds is 3. The van der Waals surface area contributed by atoms with Gasteiger partial charge >= 0.3 is 0 Å². The zero-order valence-corrected chi connectivity index (χ0v) is 12.4. The minimum absolute atomic E-state index is 0.136. The van der Waals surface area contributed by atoms with E-state index in [0.29, 0.717) is 11.2 Å². The van der Waals surface area contributed by atoms with E-state index in [1.54, 1.807) is 12.0 Å². The molecule has 108 valence electrons. The Hall–Kier alpha value is -0.830. The molecule has 3 rings (SSSR count). The molecule has 0 aromatic carbocycles. The van der Waals surface area contributed by atoms with E-state index in [9.17, 15) is 9.18 Å². The van der Waals surface area contributed by atoms with Crippen LogP contribution in [0.4, 0.5) is 4.39 Å². The number of nitrogens with zero attached hydrogens (tertiary/aromatic N) is 1. The van der Waals surface area contributed by atoms with Crippen molar-refractivity contribution in [3.63, 3.8) is 0 Å². The molecule has 1 saturated heterocycles. The summed E-state index contributed by atoms with van der Waals surface area (Å²) in [6.45, 7) is 1.95. The van der Waals surface area contributed by atoms with Crippen LogP contribution < -0.4 is 0 Å². The SMILES string of the molecule is O=C=C1C=CC=C(C(C2CC2)N2CCC(S)CC2)C1F. The van der Waals surface area contributed by atoms with E-state index < -0.39 is 6.17 Å². The maximum atomic E-state index is 14.5. The largest absolute Gasteiger partial charge is 0.296 e. The Labute approximate surface area is 124 Å². The van der Waals surface area contributed by atoms with Gasteiger partial charge in [-0.2, -0.15) is 12.6 Å². The topological polar surface area (TPSA) is 20.3 Å². The van der Waals surface area contributed by atoms with Gasteiger partial charge in [0.05, 0.1) is 5.57 Å². The first-order valence-electron chi connectivity index (χ1n) is 7.40. The van der Waals surface area contributed by atoms with E-state index in [-0.39, 0.29) is 11.6 Å².